The molecule has 2 aromatic rings. The Morgan fingerprint density at radius 3 is 2.62 bits per heavy atom. The molecule has 1 aliphatic carbocycles. The van der Waals surface area contributed by atoms with Gasteiger partial charge in [-0.15, -0.1) is 0 Å². The fourth-order valence-corrected chi connectivity index (χ4v) is 3.63. The second-order valence-corrected chi connectivity index (χ2v) is 7.72. The number of nitrogens with two attached hydrogens (primary N) is 1. The number of anilines is 3. The number of nitro groups is 1. The van der Waals surface area contributed by atoms with Crippen molar-refractivity contribution in [3.63, 3.8) is 0 Å². The van der Waals surface area contributed by atoms with E-state index in [-0.39, 0.29) is 17.5 Å². The van der Waals surface area contributed by atoms with Crippen molar-refractivity contribution >= 4 is 23.1 Å². The second-order valence-electron chi connectivity index (χ2n) is 7.72. The number of hydrogen-bond acceptors (Lipinski definition) is 8. The van der Waals surface area contributed by atoms with Crippen LogP contribution in [0.5, 0.6) is 0 Å². The highest BCUT2D eigenvalue weighted by Crippen LogP contribution is 2.27. The van der Waals surface area contributed by atoms with Gasteiger partial charge in [0.15, 0.2) is 0 Å². The number of rotatable bonds is 8. The van der Waals surface area contributed by atoms with Crippen molar-refractivity contribution in [2.45, 2.75) is 38.3 Å². The molecule has 0 amide bonds. The molecule has 0 aliphatic heterocycles. The van der Waals surface area contributed by atoms with Crippen molar-refractivity contribution in [1.82, 2.24) is 9.97 Å². The van der Waals surface area contributed by atoms with E-state index in [0.29, 0.717) is 25.0 Å². The molecule has 0 spiro atoms. The minimum atomic E-state index is -0.454. The lowest BCUT2D eigenvalue weighted by Crippen LogP contribution is -2.29. The zero-order valence-corrected chi connectivity index (χ0v) is 17.0. The highest BCUT2D eigenvalue weighted by Gasteiger charge is 2.21. The molecule has 9 nitrogen and oxygen atoms in total. The molecule has 0 saturated heterocycles. The van der Waals surface area contributed by atoms with E-state index < -0.39 is 4.92 Å². The molecule has 1 aromatic heterocycles. The van der Waals surface area contributed by atoms with Crippen LogP contribution < -0.4 is 21.3 Å². The Kier molecular flexibility index (Phi) is 6.82. The van der Waals surface area contributed by atoms with Crippen molar-refractivity contribution in [3.05, 3.63) is 46.1 Å². The van der Waals surface area contributed by atoms with Gasteiger partial charge in [0.05, 0.1) is 4.92 Å². The van der Waals surface area contributed by atoms with Gasteiger partial charge in [-0.2, -0.15) is 4.98 Å². The molecular formula is C20H29N7O2. The molecule has 0 atom stereocenters. The van der Waals surface area contributed by atoms with Crippen LogP contribution in [0.25, 0.3) is 0 Å². The van der Waals surface area contributed by atoms with E-state index in [2.05, 4.69) is 20.6 Å². The van der Waals surface area contributed by atoms with Gasteiger partial charge in [0.25, 0.3) is 0 Å². The number of benzene rings is 1. The fourth-order valence-electron chi connectivity index (χ4n) is 3.63. The average Bonchev–Trinajstić information content (AvgIpc) is 2.72. The van der Waals surface area contributed by atoms with Crippen LogP contribution in [-0.2, 0) is 6.54 Å². The maximum Gasteiger partial charge on any atom is 0.329 e. The Balaban J connectivity index is 1.69. The summed E-state index contributed by atoms with van der Waals surface area (Å²) in [6.45, 7) is 1.17. The summed E-state index contributed by atoms with van der Waals surface area (Å²) in [4.78, 5) is 21.4. The zero-order chi connectivity index (χ0) is 20.8. The summed E-state index contributed by atoms with van der Waals surface area (Å²) in [5, 5.41) is 17.7. The van der Waals surface area contributed by atoms with E-state index in [1.165, 1.54) is 6.20 Å². The number of para-hydroxylation sites is 1. The number of nitrogens with one attached hydrogen (secondary N) is 2. The van der Waals surface area contributed by atoms with Crippen LogP contribution in [0.3, 0.4) is 0 Å². The molecule has 1 saturated carbocycles. The summed E-state index contributed by atoms with van der Waals surface area (Å²) in [5.74, 6) is 1.06. The van der Waals surface area contributed by atoms with Gasteiger partial charge in [0, 0.05) is 38.9 Å². The summed E-state index contributed by atoms with van der Waals surface area (Å²) in [5.41, 5.74) is 8.03. The van der Waals surface area contributed by atoms with Crippen molar-refractivity contribution in [2.75, 3.05) is 36.2 Å². The SMILES string of the molecule is CN(C)c1ccccc1CNc1ncc([N+](=O)[O-])c(NCC2CCC(N)CC2)n1. The van der Waals surface area contributed by atoms with Crippen LogP contribution in [0.2, 0.25) is 0 Å². The van der Waals surface area contributed by atoms with Gasteiger partial charge in [-0.1, -0.05) is 18.2 Å². The molecule has 1 heterocycles. The molecule has 1 fully saturated rings. The zero-order valence-electron chi connectivity index (χ0n) is 17.0. The summed E-state index contributed by atoms with van der Waals surface area (Å²) in [7, 11) is 3.97. The Hall–Kier alpha value is -2.94. The predicted octanol–water partition coefficient (Wildman–Crippen LogP) is 2.99. The van der Waals surface area contributed by atoms with E-state index in [4.69, 9.17) is 5.73 Å². The molecular weight excluding hydrogens is 370 g/mol. The maximum absolute atomic E-state index is 11.4. The van der Waals surface area contributed by atoms with Gasteiger partial charge in [0.2, 0.25) is 11.8 Å². The third-order valence-electron chi connectivity index (χ3n) is 5.33. The van der Waals surface area contributed by atoms with Crippen LogP contribution in [0.4, 0.5) is 23.1 Å². The topological polar surface area (TPSA) is 122 Å². The van der Waals surface area contributed by atoms with E-state index >= 15 is 0 Å². The lowest BCUT2D eigenvalue weighted by molar-refractivity contribution is -0.384. The summed E-state index contributed by atoms with van der Waals surface area (Å²) in [6.07, 6.45) is 5.30. The smallest absolute Gasteiger partial charge is 0.329 e. The van der Waals surface area contributed by atoms with Gasteiger partial charge >= 0.3 is 5.69 Å². The third-order valence-corrected chi connectivity index (χ3v) is 5.33. The Bertz CT molecular complexity index is 835. The second kappa shape index (κ2) is 9.51. The molecule has 9 heteroatoms. The van der Waals surface area contributed by atoms with Crippen LogP contribution in [0.15, 0.2) is 30.5 Å². The Labute approximate surface area is 170 Å². The van der Waals surface area contributed by atoms with Gasteiger partial charge in [-0.05, 0) is 43.2 Å². The van der Waals surface area contributed by atoms with Crippen molar-refractivity contribution in [1.29, 1.82) is 0 Å². The first kappa shape index (κ1) is 20.8. The summed E-state index contributed by atoms with van der Waals surface area (Å²) >= 11 is 0. The molecule has 0 bridgehead atoms. The number of nitrogens with zero attached hydrogens (tertiary/aromatic N) is 4. The lowest BCUT2D eigenvalue weighted by Gasteiger charge is -2.26. The molecule has 1 aliphatic rings. The van der Waals surface area contributed by atoms with Gasteiger partial charge in [-0.3, -0.25) is 10.1 Å². The largest absolute Gasteiger partial charge is 0.377 e. The molecule has 4 N–H and O–H groups in total. The van der Waals surface area contributed by atoms with Crippen molar-refractivity contribution in [2.24, 2.45) is 11.7 Å². The molecule has 156 valence electrons. The van der Waals surface area contributed by atoms with Crippen LogP contribution in [0.1, 0.15) is 31.2 Å². The minimum Gasteiger partial charge on any atom is -0.377 e. The first-order valence-corrected chi connectivity index (χ1v) is 9.94. The predicted molar refractivity (Wildman–Crippen MR) is 115 cm³/mol. The molecule has 3 rings (SSSR count). The fraction of sp³-hybridized carbons (Fsp3) is 0.500. The van der Waals surface area contributed by atoms with Gasteiger partial charge in [0.1, 0.15) is 6.20 Å². The highest BCUT2D eigenvalue weighted by molar-refractivity contribution is 5.58. The number of aromatic nitrogens is 2. The van der Waals surface area contributed by atoms with E-state index in [1.54, 1.807) is 0 Å². The molecule has 1 aromatic carbocycles. The average molecular weight is 399 g/mol. The van der Waals surface area contributed by atoms with Crippen molar-refractivity contribution < 1.29 is 4.92 Å². The van der Waals surface area contributed by atoms with Crippen LogP contribution >= 0.6 is 0 Å². The first-order chi connectivity index (χ1) is 13.9. The quantitative estimate of drug-likeness (QED) is 0.457. The Morgan fingerprint density at radius 2 is 1.93 bits per heavy atom. The summed E-state index contributed by atoms with van der Waals surface area (Å²) in [6, 6.07) is 8.31. The third kappa shape index (κ3) is 5.54. The normalized spacial score (nSPS) is 18.9. The number of hydrogen-bond donors (Lipinski definition) is 3. The van der Waals surface area contributed by atoms with E-state index in [1.807, 2.05) is 43.3 Å². The molecule has 29 heavy (non-hydrogen) atoms. The molecule has 0 unspecified atom stereocenters. The van der Waals surface area contributed by atoms with Gasteiger partial charge in [-0.25, -0.2) is 4.98 Å². The van der Waals surface area contributed by atoms with Crippen LogP contribution in [-0.4, -0.2) is 41.6 Å². The van der Waals surface area contributed by atoms with Crippen LogP contribution in [0, 0.1) is 16.0 Å². The summed E-state index contributed by atoms with van der Waals surface area (Å²) < 4.78 is 0. The lowest BCUT2D eigenvalue weighted by atomic mass is 9.86. The van der Waals surface area contributed by atoms with E-state index in [0.717, 1.165) is 36.9 Å². The highest BCUT2D eigenvalue weighted by atomic mass is 16.6. The first-order valence-electron chi connectivity index (χ1n) is 9.94. The van der Waals surface area contributed by atoms with E-state index in [9.17, 15) is 10.1 Å². The van der Waals surface area contributed by atoms with Crippen molar-refractivity contribution in [3.8, 4) is 0 Å². The minimum absolute atomic E-state index is 0.114. The van der Waals surface area contributed by atoms with Gasteiger partial charge < -0.3 is 21.3 Å². The monoisotopic (exact) mass is 399 g/mol. The standard InChI is InChI=1S/C20H29N7O2/c1-26(2)17-6-4-3-5-15(17)12-23-20-24-13-18(27(28)29)19(25-20)22-11-14-7-9-16(21)10-8-14/h3-6,13-14,16H,7-12,21H2,1-2H3,(H2,22,23,24,25). The maximum atomic E-state index is 11.4. The Morgan fingerprint density at radius 1 is 1.21 bits per heavy atom. The molecule has 0 radical (unpaired) electrons.